The summed E-state index contributed by atoms with van der Waals surface area (Å²) in [6.45, 7) is 4.61. The summed E-state index contributed by atoms with van der Waals surface area (Å²) in [5.74, 6) is 0.473. The topological polar surface area (TPSA) is 37.4 Å². The highest BCUT2D eigenvalue weighted by Crippen LogP contribution is 2.22. The van der Waals surface area contributed by atoms with E-state index in [4.69, 9.17) is 0 Å². The minimum Gasteiger partial charge on any atom is -0.212 e. The fourth-order valence-corrected chi connectivity index (χ4v) is 5.13. The Hall–Kier alpha value is 0.390. The Morgan fingerprint density at radius 1 is 1.31 bits per heavy atom. The van der Waals surface area contributed by atoms with Crippen LogP contribution in [0.4, 0.5) is 0 Å². The number of hydrogen-bond acceptors (Lipinski definition) is 2. The maximum atomic E-state index is 12.2. The second kappa shape index (κ2) is 6.36. The third-order valence-electron chi connectivity index (χ3n) is 2.90. The lowest BCUT2D eigenvalue weighted by Crippen LogP contribution is -2.42. The molecule has 1 atom stereocenters. The van der Waals surface area contributed by atoms with Crippen molar-refractivity contribution in [1.82, 2.24) is 4.31 Å². The lowest BCUT2D eigenvalue weighted by molar-refractivity contribution is 0.345. The van der Waals surface area contributed by atoms with Crippen molar-refractivity contribution in [1.29, 1.82) is 0 Å². The molecule has 0 aromatic carbocycles. The van der Waals surface area contributed by atoms with Gasteiger partial charge in [0.05, 0.1) is 5.75 Å². The van der Waals surface area contributed by atoms with Crippen molar-refractivity contribution in [3.05, 3.63) is 0 Å². The van der Waals surface area contributed by atoms with E-state index < -0.39 is 10.0 Å². The molecule has 1 rings (SSSR count). The molecular formula is C11H22BrNO2S. The van der Waals surface area contributed by atoms with Crippen molar-refractivity contribution in [3.8, 4) is 0 Å². The van der Waals surface area contributed by atoms with Crippen LogP contribution in [0, 0.1) is 5.92 Å². The average Bonchev–Trinajstić information content (AvgIpc) is 2.40. The molecule has 1 aliphatic heterocycles. The molecular weight excluding hydrogens is 290 g/mol. The summed E-state index contributed by atoms with van der Waals surface area (Å²) in [5, 5.41) is 0.754. The SMILES string of the molecule is CC(C)CS(=O)(=O)N1CCCCCC1CBr. The maximum absolute atomic E-state index is 12.2. The molecule has 1 fully saturated rings. The molecule has 5 heteroatoms. The first kappa shape index (κ1) is 14.5. The average molecular weight is 312 g/mol. The van der Waals surface area contributed by atoms with E-state index in [1.165, 1.54) is 0 Å². The van der Waals surface area contributed by atoms with Crippen LogP contribution in [-0.4, -0.2) is 36.4 Å². The van der Waals surface area contributed by atoms with Crippen molar-refractivity contribution in [2.75, 3.05) is 17.6 Å². The van der Waals surface area contributed by atoms with E-state index in [0.29, 0.717) is 6.54 Å². The molecule has 0 spiro atoms. The van der Waals surface area contributed by atoms with E-state index in [-0.39, 0.29) is 17.7 Å². The zero-order valence-corrected chi connectivity index (χ0v) is 12.6. The highest BCUT2D eigenvalue weighted by Gasteiger charge is 2.30. The molecule has 1 saturated heterocycles. The summed E-state index contributed by atoms with van der Waals surface area (Å²) in [6.07, 6.45) is 4.28. The zero-order valence-electron chi connectivity index (χ0n) is 10.2. The van der Waals surface area contributed by atoms with E-state index in [2.05, 4.69) is 15.9 Å². The van der Waals surface area contributed by atoms with Crippen molar-refractivity contribution >= 4 is 26.0 Å². The first-order valence-electron chi connectivity index (χ1n) is 6.03. The van der Waals surface area contributed by atoms with Gasteiger partial charge in [0.1, 0.15) is 0 Å². The van der Waals surface area contributed by atoms with Gasteiger partial charge in [-0.15, -0.1) is 0 Å². The summed E-state index contributed by atoms with van der Waals surface area (Å²) < 4.78 is 26.2. The van der Waals surface area contributed by atoms with Crippen LogP contribution < -0.4 is 0 Å². The summed E-state index contributed by atoms with van der Waals surface area (Å²) >= 11 is 3.44. The summed E-state index contributed by atoms with van der Waals surface area (Å²) in [7, 11) is -3.06. The van der Waals surface area contributed by atoms with E-state index >= 15 is 0 Å². The smallest absolute Gasteiger partial charge is 0.212 e. The van der Waals surface area contributed by atoms with Gasteiger partial charge in [-0.1, -0.05) is 42.6 Å². The summed E-state index contributed by atoms with van der Waals surface area (Å²) in [6, 6.07) is 0.159. The van der Waals surface area contributed by atoms with E-state index in [1.54, 1.807) is 4.31 Å². The van der Waals surface area contributed by atoms with Gasteiger partial charge in [0.25, 0.3) is 0 Å². The molecule has 0 radical (unpaired) electrons. The maximum Gasteiger partial charge on any atom is 0.214 e. The van der Waals surface area contributed by atoms with Gasteiger partial charge >= 0.3 is 0 Å². The van der Waals surface area contributed by atoms with Crippen LogP contribution >= 0.6 is 15.9 Å². The van der Waals surface area contributed by atoms with Gasteiger partial charge in [0.2, 0.25) is 10.0 Å². The molecule has 0 saturated carbocycles. The number of sulfonamides is 1. The Morgan fingerprint density at radius 2 is 2.00 bits per heavy atom. The predicted octanol–water partition coefficient (Wildman–Crippen LogP) is 2.61. The molecule has 3 nitrogen and oxygen atoms in total. The van der Waals surface area contributed by atoms with Gasteiger partial charge in [-0.3, -0.25) is 0 Å². The number of rotatable bonds is 4. The molecule has 1 unspecified atom stereocenters. The third-order valence-corrected chi connectivity index (χ3v) is 5.93. The Labute approximate surface area is 108 Å². The van der Waals surface area contributed by atoms with Crippen LogP contribution in [0.25, 0.3) is 0 Å². The van der Waals surface area contributed by atoms with Crippen LogP contribution in [0.15, 0.2) is 0 Å². The van der Waals surface area contributed by atoms with Gasteiger partial charge in [0.15, 0.2) is 0 Å². The van der Waals surface area contributed by atoms with Crippen molar-refractivity contribution in [3.63, 3.8) is 0 Å². The second-order valence-corrected chi connectivity index (χ2v) is 7.55. The minimum atomic E-state index is -3.06. The summed E-state index contributed by atoms with van der Waals surface area (Å²) in [4.78, 5) is 0. The van der Waals surface area contributed by atoms with Crippen molar-refractivity contribution in [2.45, 2.75) is 45.6 Å². The summed E-state index contributed by atoms with van der Waals surface area (Å²) in [5.41, 5.74) is 0. The standard InChI is InChI=1S/C11H22BrNO2S/c1-10(2)9-16(14,15)13-7-5-3-4-6-11(13)8-12/h10-11H,3-9H2,1-2H3. The molecule has 0 aliphatic carbocycles. The molecule has 0 bridgehead atoms. The van der Waals surface area contributed by atoms with Gasteiger partial charge in [-0.2, -0.15) is 4.31 Å². The van der Waals surface area contributed by atoms with E-state index in [1.807, 2.05) is 13.8 Å². The zero-order chi connectivity index (χ0) is 12.2. The lowest BCUT2D eigenvalue weighted by atomic mass is 10.1. The Balaban J connectivity index is 2.80. The van der Waals surface area contributed by atoms with Crippen molar-refractivity contribution in [2.24, 2.45) is 5.92 Å². The molecule has 16 heavy (non-hydrogen) atoms. The third kappa shape index (κ3) is 4.00. The Bertz CT molecular complexity index is 303. The second-order valence-electron chi connectivity index (χ2n) is 4.94. The number of hydrogen-bond donors (Lipinski definition) is 0. The molecule has 1 aliphatic rings. The highest BCUT2D eigenvalue weighted by molar-refractivity contribution is 9.09. The number of halogens is 1. The van der Waals surface area contributed by atoms with Crippen LogP contribution in [0.5, 0.6) is 0 Å². The predicted molar refractivity (Wildman–Crippen MR) is 71.4 cm³/mol. The van der Waals surface area contributed by atoms with Gasteiger partial charge < -0.3 is 0 Å². The van der Waals surface area contributed by atoms with Gasteiger partial charge in [-0.25, -0.2) is 8.42 Å². The molecule has 0 amide bonds. The van der Waals surface area contributed by atoms with E-state index in [9.17, 15) is 8.42 Å². The Morgan fingerprint density at radius 3 is 2.56 bits per heavy atom. The largest absolute Gasteiger partial charge is 0.214 e. The normalized spacial score (nSPS) is 24.6. The monoisotopic (exact) mass is 311 g/mol. The quantitative estimate of drug-likeness (QED) is 0.748. The lowest BCUT2D eigenvalue weighted by Gasteiger charge is -2.28. The van der Waals surface area contributed by atoms with E-state index in [0.717, 1.165) is 31.0 Å². The fourth-order valence-electron chi connectivity index (χ4n) is 2.19. The highest BCUT2D eigenvalue weighted by atomic mass is 79.9. The Kier molecular flexibility index (Phi) is 5.74. The fraction of sp³-hybridized carbons (Fsp3) is 1.00. The van der Waals surface area contributed by atoms with Crippen LogP contribution in [-0.2, 0) is 10.0 Å². The minimum absolute atomic E-state index is 0.159. The first-order chi connectivity index (χ1) is 7.47. The van der Waals surface area contributed by atoms with Crippen molar-refractivity contribution < 1.29 is 8.42 Å². The molecule has 0 aromatic heterocycles. The van der Waals surface area contributed by atoms with Crippen LogP contribution in [0.2, 0.25) is 0 Å². The first-order valence-corrected chi connectivity index (χ1v) is 8.76. The van der Waals surface area contributed by atoms with Gasteiger partial charge in [-0.05, 0) is 18.8 Å². The molecule has 96 valence electrons. The molecule has 1 heterocycles. The molecule has 0 N–H and O–H groups in total. The molecule has 0 aromatic rings. The van der Waals surface area contributed by atoms with Crippen LogP contribution in [0.1, 0.15) is 39.5 Å². The van der Waals surface area contributed by atoms with Gasteiger partial charge in [0, 0.05) is 17.9 Å². The number of nitrogens with zero attached hydrogens (tertiary/aromatic N) is 1. The number of alkyl halides is 1. The van der Waals surface area contributed by atoms with Crippen LogP contribution in [0.3, 0.4) is 0 Å².